The Morgan fingerprint density at radius 2 is 1.89 bits per heavy atom. The van der Waals surface area contributed by atoms with Crippen LogP contribution in [-0.2, 0) is 16.2 Å². The molecule has 1 aromatic carbocycles. The Balaban J connectivity index is 3.02. The van der Waals surface area contributed by atoms with E-state index in [1.165, 1.54) is 6.07 Å². The van der Waals surface area contributed by atoms with Gasteiger partial charge in [-0.25, -0.2) is 13.1 Å². The minimum Gasteiger partial charge on any atom is -0.211 e. The lowest BCUT2D eigenvalue weighted by Gasteiger charge is -2.13. The minimum absolute atomic E-state index is 0.0147. The SMILES string of the molecule is CC(Cl)CCNS(=O)(=O)c1ccccc1C(F)(F)F. The molecule has 0 radical (unpaired) electrons. The molecule has 19 heavy (non-hydrogen) atoms. The molecule has 3 nitrogen and oxygen atoms in total. The van der Waals surface area contributed by atoms with Gasteiger partial charge in [0.15, 0.2) is 0 Å². The van der Waals surface area contributed by atoms with Gasteiger partial charge in [0.2, 0.25) is 10.0 Å². The van der Waals surface area contributed by atoms with E-state index in [1.807, 2.05) is 0 Å². The fourth-order valence-electron chi connectivity index (χ4n) is 1.41. The molecule has 0 aliphatic carbocycles. The first kappa shape index (κ1) is 16.3. The van der Waals surface area contributed by atoms with Crippen LogP contribution in [0, 0.1) is 0 Å². The predicted octanol–water partition coefficient (Wildman–Crippen LogP) is 3.00. The van der Waals surface area contributed by atoms with E-state index in [4.69, 9.17) is 11.6 Å². The number of hydrogen-bond donors (Lipinski definition) is 1. The van der Waals surface area contributed by atoms with Gasteiger partial charge in [-0.05, 0) is 25.5 Å². The van der Waals surface area contributed by atoms with Gasteiger partial charge in [0, 0.05) is 11.9 Å². The van der Waals surface area contributed by atoms with Crippen LogP contribution in [0.2, 0.25) is 0 Å². The summed E-state index contributed by atoms with van der Waals surface area (Å²) in [5.41, 5.74) is -1.18. The Bertz CT molecular complexity index is 529. The number of benzene rings is 1. The second kappa shape index (κ2) is 6.11. The normalized spacial score (nSPS) is 14.4. The van der Waals surface area contributed by atoms with Gasteiger partial charge in [-0.1, -0.05) is 12.1 Å². The third kappa shape index (κ3) is 4.67. The van der Waals surface area contributed by atoms with Crippen LogP contribution in [0.3, 0.4) is 0 Å². The molecule has 0 saturated heterocycles. The molecule has 1 unspecified atom stereocenters. The van der Waals surface area contributed by atoms with E-state index in [0.717, 1.165) is 18.2 Å². The Hall–Kier alpha value is -0.790. The predicted molar refractivity (Wildman–Crippen MR) is 66.6 cm³/mol. The number of alkyl halides is 4. The maximum Gasteiger partial charge on any atom is 0.417 e. The number of nitrogens with one attached hydrogen (secondary N) is 1. The van der Waals surface area contributed by atoms with Gasteiger partial charge in [0.25, 0.3) is 0 Å². The summed E-state index contributed by atoms with van der Waals surface area (Å²) >= 11 is 5.64. The number of rotatable bonds is 5. The van der Waals surface area contributed by atoms with Gasteiger partial charge >= 0.3 is 6.18 Å². The number of hydrogen-bond acceptors (Lipinski definition) is 2. The summed E-state index contributed by atoms with van der Waals surface area (Å²) in [5.74, 6) is 0. The first-order chi connectivity index (χ1) is 8.64. The van der Waals surface area contributed by atoms with Gasteiger partial charge in [-0.15, -0.1) is 11.6 Å². The molecular weight excluding hydrogens is 303 g/mol. The summed E-state index contributed by atoms with van der Waals surface area (Å²) in [5, 5.41) is -0.263. The second-order valence-corrected chi connectivity index (χ2v) is 6.44. The first-order valence-corrected chi connectivity index (χ1v) is 7.36. The summed E-state index contributed by atoms with van der Waals surface area (Å²) in [7, 11) is -4.20. The molecule has 0 bridgehead atoms. The van der Waals surface area contributed by atoms with Crippen LogP contribution in [0.15, 0.2) is 29.2 Å². The highest BCUT2D eigenvalue weighted by Crippen LogP contribution is 2.33. The topological polar surface area (TPSA) is 46.2 Å². The highest BCUT2D eigenvalue weighted by Gasteiger charge is 2.36. The fourth-order valence-corrected chi connectivity index (χ4v) is 2.79. The molecule has 0 fully saturated rings. The van der Waals surface area contributed by atoms with Gasteiger partial charge in [-0.3, -0.25) is 0 Å². The van der Waals surface area contributed by atoms with Crippen LogP contribution < -0.4 is 4.72 Å². The van der Waals surface area contributed by atoms with E-state index in [1.54, 1.807) is 6.92 Å². The van der Waals surface area contributed by atoms with Crippen molar-refractivity contribution >= 4 is 21.6 Å². The Kier molecular flexibility index (Phi) is 5.23. The van der Waals surface area contributed by atoms with Crippen molar-refractivity contribution < 1.29 is 21.6 Å². The summed E-state index contributed by atoms with van der Waals surface area (Å²) in [6, 6.07) is 4.05. The zero-order valence-electron chi connectivity index (χ0n) is 10.0. The molecule has 1 aromatic rings. The lowest BCUT2D eigenvalue weighted by molar-refractivity contribution is -0.139. The fraction of sp³-hybridized carbons (Fsp3) is 0.455. The molecule has 1 rings (SSSR count). The maximum atomic E-state index is 12.7. The van der Waals surface area contributed by atoms with Gasteiger partial charge in [-0.2, -0.15) is 13.2 Å². The van der Waals surface area contributed by atoms with Crippen LogP contribution in [0.4, 0.5) is 13.2 Å². The van der Waals surface area contributed by atoms with Crippen molar-refractivity contribution in [1.29, 1.82) is 0 Å². The van der Waals surface area contributed by atoms with Gasteiger partial charge < -0.3 is 0 Å². The van der Waals surface area contributed by atoms with Crippen molar-refractivity contribution in [2.75, 3.05) is 6.54 Å². The Labute approximate surface area is 114 Å². The van der Waals surface area contributed by atoms with E-state index >= 15 is 0 Å². The Morgan fingerprint density at radius 3 is 2.42 bits per heavy atom. The molecule has 0 amide bonds. The average Bonchev–Trinajstić information content (AvgIpc) is 2.27. The van der Waals surface area contributed by atoms with Crippen LogP contribution in [0.5, 0.6) is 0 Å². The van der Waals surface area contributed by atoms with E-state index in [-0.39, 0.29) is 11.9 Å². The summed E-state index contributed by atoms with van der Waals surface area (Å²) in [6.45, 7) is 1.65. The zero-order chi connectivity index (χ0) is 14.7. The minimum atomic E-state index is -4.72. The Morgan fingerprint density at radius 1 is 1.32 bits per heavy atom. The van der Waals surface area contributed by atoms with E-state index in [0.29, 0.717) is 6.42 Å². The zero-order valence-corrected chi connectivity index (χ0v) is 11.6. The molecule has 0 spiro atoms. The van der Waals surface area contributed by atoms with Crippen LogP contribution >= 0.6 is 11.6 Å². The summed E-state index contributed by atoms with van der Waals surface area (Å²) in [4.78, 5) is -0.773. The molecule has 1 atom stereocenters. The van der Waals surface area contributed by atoms with Crippen molar-refractivity contribution in [2.24, 2.45) is 0 Å². The second-order valence-electron chi connectivity index (χ2n) is 3.96. The smallest absolute Gasteiger partial charge is 0.211 e. The van der Waals surface area contributed by atoms with Crippen molar-refractivity contribution in [3.05, 3.63) is 29.8 Å². The quantitative estimate of drug-likeness (QED) is 0.849. The average molecular weight is 316 g/mol. The lowest BCUT2D eigenvalue weighted by atomic mass is 10.2. The van der Waals surface area contributed by atoms with E-state index in [2.05, 4.69) is 4.72 Å². The highest BCUT2D eigenvalue weighted by molar-refractivity contribution is 7.89. The molecule has 1 N–H and O–H groups in total. The van der Waals surface area contributed by atoms with Crippen LogP contribution in [0.1, 0.15) is 18.9 Å². The largest absolute Gasteiger partial charge is 0.417 e. The number of sulfonamides is 1. The van der Waals surface area contributed by atoms with Gasteiger partial charge in [0.05, 0.1) is 10.5 Å². The third-order valence-corrected chi connectivity index (χ3v) is 4.05. The molecular formula is C11H13ClF3NO2S. The third-order valence-electron chi connectivity index (χ3n) is 2.32. The van der Waals surface area contributed by atoms with Crippen LogP contribution in [0.25, 0.3) is 0 Å². The summed E-state index contributed by atoms with van der Waals surface area (Å²) < 4.78 is 63.9. The molecule has 0 aromatic heterocycles. The van der Waals surface area contributed by atoms with E-state index < -0.39 is 26.7 Å². The molecule has 8 heteroatoms. The molecule has 108 valence electrons. The lowest BCUT2D eigenvalue weighted by Crippen LogP contribution is -2.28. The molecule has 0 saturated carbocycles. The first-order valence-electron chi connectivity index (χ1n) is 5.44. The van der Waals surface area contributed by atoms with Crippen molar-refractivity contribution in [3.63, 3.8) is 0 Å². The van der Waals surface area contributed by atoms with Crippen molar-refractivity contribution in [3.8, 4) is 0 Å². The highest BCUT2D eigenvalue weighted by atomic mass is 35.5. The van der Waals surface area contributed by atoms with Crippen molar-refractivity contribution in [1.82, 2.24) is 4.72 Å². The maximum absolute atomic E-state index is 12.7. The molecule has 0 aliphatic heterocycles. The summed E-state index contributed by atoms with van der Waals surface area (Å²) in [6.07, 6.45) is -4.39. The monoisotopic (exact) mass is 315 g/mol. The van der Waals surface area contributed by atoms with Crippen molar-refractivity contribution in [2.45, 2.75) is 29.8 Å². The van der Waals surface area contributed by atoms with Gasteiger partial charge in [0.1, 0.15) is 0 Å². The number of halogens is 4. The molecule has 0 aliphatic rings. The standard InChI is InChI=1S/C11H13ClF3NO2S/c1-8(12)6-7-16-19(17,18)10-5-3-2-4-9(10)11(13,14)15/h2-5,8,16H,6-7H2,1H3. The van der Waals surface area contributed by atoms with Crippen LogP contribution in [-0.4, -0.2) is 20.3 Å². The van der Waals surface area contributed by atoms with E-state index in [9.17, 15) is 21.6 Å². The molecule has 0 heterocycles.